The van der Waals surface area contributed by atoms with Crippen LogP contribution in [-0.4, -0.2) is 17.0 Å². The molecule has 0 bridgehead atoms. The quantitative estimate of drug-likeness (QED) is 0.757. The molecular weight excluding hydrogens is 200 g/mol. The molecule has 0 aromatic carbocycles. The lowest BCUT2D eigenvalue weighted by Crippen LogP contribution is -2.07. The number of nitriles is 1. The molecule has 0 aliphatic carbocycles. The molecule has 0 unspecified atom stereocenters. The van der Waals surface area contributed by atoms with Gasteiger partial charge in [-0.1, -0.05) is 0 Å². The van der Waals surface area contributed by atoms with Gasteiger partial charge in [0.2, 0.25) is 11.8 Å². The number of aryl methyl sites for hydroxylation is 1. The number of nitrogens with one attached hydrogen (secondary N) is 1. The maximum atomic E-state index is 10.8. The Labute approximate surface area is 85.1 Å². The largest absolute Gasteiger partial charge is 0.478 e. The number of hydrogen-bond donors (Lipinski definition) is 2. The second-order valence-corrected chi connectivity index (χ2v) is 2.84. The summed E-state index contributed by atoms with van der Waals surface area (Å²) in [6.07, 6.45) is 0. The van der Waals surface area contributed by atoms with Crippen LogP contribution in [0.15, 0.2) is 4.42 Å². The number of nitrogens with zero attached hydrogens (tertiary/aromatic N) is 1. The van der Waals surface area contributed by atoms with Gasteiger partial charge in [-0.15, -0.1) is 0 Å². The van der Waals surface area contributed by atoms with E-state index in [0.29, 0.717) is 0 Å². The first-order chi connectivity index (χ1) is 6.97. The number of carboxylic acids is 1. The smallest absolute Gasteiger partial charge is 0.340 e. The minimum atomic E-state index is -1.26. The van der Waals surface area contributed by atoms with E-state index in [2.05, 4.69) is 5.32 Å². The molecule has 2 N–H and O–H groups in total. The van der Waals surface area contributed by atoms with Crippen molar-refractivity contribution in [3.63, 3.8) is 0 Å². The third kappa shape index (κ3) is 1.96. The van der Waals surface area contributed by atoms with Crippen molar-refractivity contribution in [2.75, 3.05) is 5.32 Å². The van der Waals surface area contributed by atoms with Gasteiger partial charge >= 0.3 is 5.97 Å². The SMILES string of the molecule is CC(=O)Nc1oc(C)c(C(=O)O)c1C#N. The lowest BCUT2D eigenvalue weighted by atomic mass is 10.1. The molecule has 0 aliphatic rings. The standard InChI is InChI=1S/C9H8N2O4/c1-4-7(9(13)14)6(3-10)8(15-4)11-5(2)12/h1-2H3,(H,11,12)(H,13,14). The normalized spacial score (nSPS) is 9.40. The molecule has 0 spiro atoms. The Morgan fingerprint density at radius 3 is 2.53 bits per heavy atom. The second kappa shape index (κ2) is 3.84. The lowest BCUT2D eigenvalue weighted by molar-refractivity contribution is -0.114. The van der Waals surface area contributed by atoms with Crippen molar-refractivity contribution in [2.45, 2.75) is 13.8 Å². The zero-order valence-electron chi connectivity index (χ0n) is 8.12. The molecule has 6 nitrogen and oxygen atoms in total. The number of carbonyl (C=O) groups excluding carboxylic acids is 1. The van der Waals surface area contributed by atoms with Crippen LogP contribution in [0, 0.1) is 18.3 Å². The third-order valence-corrected chi connectivity index (χ3v) is 1.70. The molecule has 0 atom stereocenters. The van der Waals surface area contributed by atoms with Gasteiger partial charge in [0, 0.05) is 6.92 Å². The number of carboxylic acid groups (broad SMARTS) is 1. The molecule has 1 aromatic rings. The Bertz CT molecular complexity index is 467. The molecule has 0 radical (unpaired) electrons. The van der Waals surface area contributed by atoms with E-state index >= 15 is 0 Å². The minimum Gasteiger partial charge on any atom is -0.478 e. The van der Waals surface area contributed by atoms with Crippen LogP contribution < -0.4 is 5.32 Å². The summed E-state index contributed by atoms with van der Waals surface area (Å²) in [6.45, 7) is 2.65. The van der Waals surface area contributed by atoms with Crippen molar-refractivity contribution in [1.82, 2.24) is 0 Å². The zero-order valence-corrected chi connectivity index (χ0v) is 8.12. The summed E-state index contributed by atoms with van der Waals surface area (Å²) in [7, 11) is 0. The summed E-state index contributed by atoms with van der Waals surface area (Å²) in [5.41, 5.74) is -0.392. The predicted molar refractivity (Wildman–Crippen MR) is 49.4 cm³/mol. The molecule has 1 heterocycles. The van der Waals surface area contributed by atoms with Gasteiger partial charge in [0.1, 0.15) is 23.0 Å². The molecule has 0 aliphatic heterocycles. The van der Waals surface area contributed by atoms with Crippen molar-refractivity contribution < 1.29 is 19.1 Å². The first kappa shape index (κ1) is 10.8. The van der Waals surface area contributed by atoms with E-state index in [-0.39, 0.29) is 22.8 Å². The molecule has 0 saturated carbocycles. The summed E-state index contributed by atoms with van der Waals surface area (Å²) in [4.78, 5) is 21.5. The molecule has 0 fully saturated rings. The number of furan rings is 1. The Balaban J connectivity index is 3.32. The fourth-order valence-corrected chi connectivity index (χ4v) is 1.16. The zero-order chi connectivity index (χ0) is 11.6. The van der Waals surface area contributed by atoms with Crippen molar-refractivity contribution >= 4 is 17.8 Å². The molecule has 1 amide bonds. The predicted octanol–water partition coefficient (Wildman–Crippen LogP) is 1.12. The van der Waals surface area contributed by atoms with Crippen molar-refractivity contribution in [1.29, 1.82) is 5.26 Å². The number of carbonyl (C=O) groups is 2. The van der Waals surface area contributed by atoms with Gasteiger partial charge in [-0.3, -0.25) is 10.1 Å². The molecule has 1 rings (SSSR count). The Morgan fingerprint density at radius 1 is 1.53 bits per heavy atom. The van der Waals surface area contributed by atoms with E-state index in [1.807, 2.05) is 0 Å². The highest BCUT2D eigenvalue weighted by atomic mass is 16.4. The molecular formula is C9H8N2O4. The highest BCUT2D eigenvalue weighted by Gasteiger charge is 2.23. The topological polar surface area (TPSA) is 103 Å². The van der Waals surface area contributed by atoms with Crippen LogP contribution in [0.5, 0.6) is 0 Å². The average molecular weight is 208 g/mol. The number of amides is 1. The maximum Gasteiger partial charge on any atom is 0.340 e. The molecule has 6 heteroatoms. The minimum absolute atomic E-state index is 0.0859. The van der Waals surface area contributed by atoms with E-state index in [1.54, 1.807) is 6.07 Å². The van der Waals surface area contributed by atoms with Crippen LogP contribution in [0.2, 0.25) is 0 Å². The first-order valence-electron chi connectivity index (χ1n) is 4.01. The Kier molecular flexibility index (Phi) is 2.76. The van der Waals surface area contributed by atoms with Crippen molar-refractivity contribution in [3.8, 4) is 6.07 Å². The summed E-state index contributed by atoms with van der Waals surface area (Å²) < 4.78 is 4.97. The summed E-state index contributed by atoms with van der Waals surface area (Å²) in [5, 5.41) is 19.8. The van der Waals surface area contributed by atoms with E-state index < -0.39 is 11.9 Å². The van der Waals surface area contributed by atoms with Gasteiger partial charge in [0.25, 0.3) is 0 Å². The molecule has 15 heavy (non-hydrogen) atoms. The Morgan fingerprint density at radius 2 is 2.13 bits per heavy atom. The lowest BCUT2D eigenvalue weighted by Gasteiger charge is -1.95. The highest BCUT2D eigenvalue weighted by molar-refractivity contribution is 5.96. The highest BCUT2D eigenvalue weighted by Crippen LogP contribution is 2.26. The van der Waals surface area contributed by atoms with Gasteiger partial charge < -0.3 is 9.52 Å². The van der Waals surface area contributed by atoms with E-state index in [9.17, 15) is 9.59 Å². The number of anilines is 1. The third-order valence-electron chi connectivity index (χ3n) is 1.70. The van der Waals surface area contributed by atoms with E-state index in [0.717, 1.165) is 0 Å². The fraction of sp³-hybridized carbons (Fsp3) is 0.222. The van der Waals surface area contributed by atoms with Crippen LogP contribution in [0.4, 0.5) is 5.88 Å². The van der Waals surface area contributed by atoms with Gasteiger partial charge in [0.05, 0.1) is 0 Å². The van der Waals surface area contributed by atoms with Crippen LogP contribution >= 0.6 is 0 Å². The van der Waals surface area contributed by atoms with Crippen LogP contribution in [-0.2, 0) is 4.79 Å². The fourth-order valence-electron chi connectivity index (χ4n) is 1.16. The van der Waals surface area contributed by atoms with E-state index in [1.165, 1.54) is 13.8 Å². The van der Waals surface area contributed by atoms with Gasteiger partial charge in [0.15, 0.2) is 0 Å². The summed E-state index contributed by atoms with van der Waals surface area (Å²) in [5.74, 6) is -1.73. The van der Waals surface area contributed by atoms with Crippen LogP contribution in [0.3, 0.4) is 0 Å². The van der Waals surface area contributed by atoms with Crippen molar-refractivity contribution in [2.24, 2.45) is 0 Å². The number of aromatic carboxylic acids is 1. The molecule has 1 aromatic heterocycles. The van der Waals surface area contributed by atoms with Crippen LogP contribution in [0.1, 0.15) is 28.6 Å². The number of hydrogen-bond acceptors (Lipinski definition) is 4. The van der Waals surface area contributed by atoms with Gasteiger partial charge in [-0.25, -0.2) is 4.79 Å². The van der Waals surface area contributed by atoms with Crippen molar-refractivity contribution in [3.05, 3.63) is 16.9 Å². The first-order valence-corrected chi connectivity index (χ1v) is 4.01. The summed E-state index contributed by atoms with van der Waals surface area (Å²) in [6, 6.07) is 1.68. The van der Waals surface area contributed by atoms with E-state index in [4.69, 9.17) is 14.8 Å². The summed E-state index contributed by atoms with van der Waals surface area (Å²) >= 11 is 0. The van der Waals surface area contributed by atoms with Crippen LogP contribution in [0.25, 0.3) is 0 Å². The Hall–Kier alpha value is -2.29. The number of rotatable bonds is 2. The van der Waals surface area contributed by atoms with Gasteiger partial charge in [-0.05, 0) is 6.92 Å². The monoisotopic (exact) mass is 208 g/mol. The average Bonchev–Trinajstić information content (AvgIpc) is 2.40. The second-order valence-electron chi connectivity index (χ2n) is 2.84. The molecule has 0 saturated heterocycles. The molecule has 78 valence electrons. The van der Waals surface area contributed by atoms with Gasteiger partial charge in [-0.2, -0.15) is 5.26 Å². The maximum absolute atomic E-state index is 10.8.